The predicted octanol–water partition coefficient (Wildman–Crippen LogP) is 3.13. The molecule has 1 aromatic heterocycles. The molecule has 3 N–H and O–H groups in total. The number of benzene rings is 1. The maximum atomic E-state index is 12.9. The fourth-order valence-electron chi connectivity index (χ4n) is 1.66. The Kier molecular flexibility index (Phi) is 3.46. The molecule has 1 heterocycles. The molecule has 0 aliphatic heterocycles. The van der Waals surface area contributed by atoms with Gasteiger partial charge in [-0.2, -0.15) is 8.78 Å². The van der Waals surface area contributed by atoms with Crippen LogP contribution in [0.15, 0.2) is 30.6 Å². The third kappa shape index (κ3) is 2.69. The van der Waals surface area contributed by atoms with E-state index in [1.165, 1.54) is 24.5 Å². The van der Waals surface area contributed by atoms with Crippen molar-refractivity contribution in [1.29, 1.82) is 0 Å². The molecular weight excluding hydrogens is 262 g/mol. The van der Waals surface area contributed by atoms with Crippen LogP contribution in [-0.2, 0) is 0 Å². The van der Waals surface area contributed by atoms with Crippen LogP contribution in [0.4, 0.5) is 28.9 Å². The van der Waals surface area contributed by atoms with E-state index in [0.29, 0.717) is 16.5 Å². The first kappa shape index (κ1) is 13.4. The Hall–Kier alpha value is -2.05. The predicted molar refractivity (Wildman–Crippen MR) is 65.6 cm³/mol. The van der Waals surface area contributed by atoms with E-state index in [0.717, 1.165) is 0 Å². The number of anilines is 2. The monoisotopic (exact) mass is 273 g/mol. The van der Waals surface area contributed by atoms with Crippen molar-refractivity contribution in [3.63, 3.8) is 0 Å². The lowest BCUT2D eigenvalue weighted by atomic mass is 10.1. The molecule has 0 aliphatic carbocycles. The molecule has 0 amide bonds. The summed E-state index contributed by atoms with van der Waals surface area (Å²) in [6.45, 7) is -1.15. The summed E-state index contributed by atoms with van der Waals surface area (Å²) in [5.41, 5.74) is 6.48. The van der Waals surface area contributed by atoms with E-state index in [9.17, 15) is 17.6 Å². The number of hydrogen-bond donors (Lipinski definition) is 2. The second-order valence-electron chi connectivity index (χ2n) is 4.04. The minimum atomic E-state index is -4.09. The van der Waals surface area contributed by atoms with Crippen molar-refractivity contribution in [3.05, 3.63) is 30.6 Å². The first-order valence-corrected chi connectivity index (χ1v) is 5.44. The number of halogens is 4. The molecule has 2 rings (SSSR count). The van der Waals surface area contributed by atoms with E-state index >= 15 is 0 Å². The van der Waals surface area contributed by atoms with Crippen molar-refractivity contribution in [2.45, 2.75) is 12.3 Å². The lowest BCUT2D eigenvalue weighted by Crippen LogP contribution is -2.34. The summed E-state index contributed by atoms with van der Waals surface area (Å²) in [7, 11) is 0. The Bertz CT molecular complexity index is 586. The first-order valence-electron chi connectivity index (χ1n) is 5.44. The summed E-state index contributed by atoms with van der Waals surface area (Å²) in [5, 5.41) is 3.44. The normalized spacial score (nSPS) is 12.1. The summed E-state index contributed by atoms with van der Waals surface area (Å²) < 4.78 is 49.9. The molecule has 0 saturated carbocycles. The van der Waals surface area contributed by atoms with Crippen LogP contribution < -0.4 is 11.1 Å². The van der Waals surface area contributed by atoms with Gasteiger partial charge < -0.3 is 11.1 Å². The highest BCUT2D eigenvalue weighted by atomic mass is 19.3. The van der Waals surface area contributed by atoms with E-state index < -0.39 is 18.9 Å². The van der Waals surface area contributed by atoms with Crippen LogP contribution >= 0.6 is 0 Å². The van der Waals surface area contributed by atoms with Crippen LogP contribution in [0.2, 0.25) is 0 Å². The molecular formula is C12H11F4N3. The number of fused-ring (bicyclic) bond motifs is 1. The van der Waals surface area contributed by atoms with Crippen LogP contribution in [0.1, 0.15) is 0 Å². The maximum Gasteiger partial charge on any atom is 0.324 e. The fourth-order valence-corrected chi connectivity index (χ4v) is 1.66. The van der Waals surface area contributed by atoms with Gasteiger partial charge in [0.25, 0.3) is 0 Å². The molecule has 0 spiro atoms. The topological polar surface area (TPSA) is 50.9 Å². The summed E-state index contributed by atoms with van der Waals surface area (Å²) in [5.74, 6) is -4.09. The van der Waals surface area contributed by atoms with Crippen molar-refractivity contribution in [2.24, 2.45) is 0 Å². The molecule has 7 heteroatoms. The zero-order chi connectivity index (χ0) is 14.0. The van der Waals surface area contributed by atoms with Gasteiger partial charge in [0.15, 0.2) is 0 Å². The number of rotatable bonds is 4. The van der Waals surface area contributed by atoms with Gasteiger partial charge in [-0.15, -0.1) is 0 Å². The van der Waals surface area contributed by atoms with E-state index in [1.54, 1.807) is 6.07 Å². The SMILES string of the molecule is Nc1ccc(NCC(F)(F)C(F)F)c2cnccc12. The molecule has 19 heavy (non-hydrogen) atoms. The smallest absolute Gasteiger partial charge is 0.324 e. The number of alkyl halides is 4. The highest BCUT2D eigenvalue weighted by molar-refractivity contribution is 6.00. The minimum absolute atomic E-state index is 0.289. The molecule has 0 saturated heterocycles. The van der Waals surface area contributed by atoms with Gasteiger partial charge in [0.05, 0.1) is 6.54 Å². The number of aromatic nitrogens is 1. The van der Waals surface area contributed by atoms with Gasteiger partial charge in [-0.25, -0.2) is 8.78 Å². The van der Waals surface area contributed by atoms with E-state index in [1.807, 2.05) is 0 Å². The highest BCUT2D eigenvalue weighted by Crippen LogP contribution is 2.29. The summed E-state index contributed by atoms with van der Waals surface area (Å²) in [6.07, 6.45) is -0.761. The zero-order valence-electron chi connectivity index (χ0n) is 9.71. The van der Waals surface area contributed by atoms with Gasteiger partial charge >= 0.3 is 12.3 Å². The second-order valence-corrected chi connectivity index (χ2v) is 4.04. The molecule has 1 aromatic carbocycles. The lowest BCUT2D eigenvalue weighted by molar-refractivity contribution is -0.117. The molecule has 0 aliphatic rings. The Morgan fingerprint density at radius 3 is 2.63 bits per heavy atom. The van der Waals surface area contributed by atoms with Crippen molar-refractivity contribution in [2.75, 3.05) is 17.6 Å². The Morgan fingerprint density at radius 1 is 1.21 bits per heavy atom. The van der Waals surface area contributed by atoms with Gasteiger partial charge in [-0.05, 0) is 18.2 Å². The maximum absolute atomic E-state index is 12.9. The van der Waals surface area contributed by atoms with Crippen LogP contribution in [0.5, 0.6) is 0 Å². The van der Waals surface area contributed by atoms with Gasteiger partial charge in [0.2, 0.25) is 0 Å². The fraction of sp³-hybridized carbons (Fsp3) is 0.250. The molecule has 2 aromatic rings. The van der Waals surface area contributed by atoms with Crippen molar-refractivity contribution in [3.8, 4) is 0 Å². The van der Waals surface area contributed by atoms with Crippen molar-refractivity contribution < 1.29 is 17.6 Å². The molecule has 0 atom stereocenters. The second kappa shape index (κ2) is 4.91. The summed E-state index contributed by atoms with van der Waals surface area (Å²) >= 11 is 0. The molecule has 0 bridgehead atoms. The number of pyridine rings is 1. The third-order valence-corrected chi connectivity index (χ3v) is 2.69. The molecule has 0 fully saturated rings. The molecule has 102 valence electrons. The van der Waals surface area contributed by atoms with Gasteiger partial charge in [-0.1, -0.05) is 0 Å². The highest BCUT2D eigenvalue weighted by Gasteiger charge is 2.40. The van der Waals surface area contributed by atoms with Crippen LogP contribution in [-0.4, -0.2) is 23.9 Å². The van der Waals surface area contributed by atoms with Crippen LogP contribution in [0.3, 0.4) is 0 Å². The van der Waals surface area contributed by atoms with Crippen LogP contribution in [0.25, 0.3) is 10.8 Å². The molecule has 0 radical (unpaired) electrons. The lowest BCUT2D eigenvalue weighted by Gasteiger charge is -2.17. The molecule has 0 unspecified atom stereocenters. The average Bonchev–Trinajstić information content (AvgIpc) is 2.38. The number of nitrogens with one attached hydrogen (secondary N) is 1. The van der Waals surface area contributed by atoms with E-state index in [2.05, 4.69) is 10.3 Å². The van der Waals surface area contributed by atoms with E-state index in [-0.39, 0.29) is 5.69 Å². The Balaban J connectivity index is 2.29. The van der Waals surface area contributed by atoms with Crippen LogP contribution in [0, 0.1) is 0 Å². The standard InChI is InChI=1S/C12H11F4N3/c13-11(14)12(15,16)6-19-10-2-1-9(17)7-3-4-18-5-8(7)10/h1-5,11,19H,6,17H2. The first-order chi connectivity index (χ1) is 8.92. The Morgan fingerprint density at radius 2 is 1.95 bits per heavy atom. The number of nitrogens with zero attached hydrogens (tertiary/aromatic N) is 1. The average molecular weight is 273 g/mol. The Labute approximate surface area is 106 Å². The molecule has 3 nitrogen and oxygen atoms in total. The summed E-state index contributed by atoms with van der Waals surface area (Å²) in [6, 6.07) is 4.60. The summed E-state index contributed by atoms with van der Waals surface area (Å²) in [4.78, 5) is 3.86. The van der Waals surface area contributed by atoms with E-state index in [4.69, 9.17) is 5.73 Å². The van der Waals surface area contributed by atoms with Crippen molar-refractivity contribution in [1.82, 2.24) is 4.98 Å². The number of nitrogen functional groups attached to an aromatic ring is 1. The number of hydrogen-bond acceptors (Lipinski definition) is 3. The minimum Gasteiger partial charge on any atom is -0.398 e. The number of nitrogens with two attached hydrogens (primary N) is 1. The third-order valence-electron chi connectivity index (χ3n) is 2.69. The largest absolute Gasteiger partial charge is 0.398 e. The van der Waals surface area contributed by atoms with Gasteiger partial charge in [-0.3, -0.25) is 4.98 Å². The quantitative estimate of drug-likeness (QED) is 0.664. The van der Waals surface area contributed by atoms with Crippen molar-refractivity contribution >= 4 is 22.1 Å². The van der Waals surface area contributed by atoms with Gasteiger partial charge in [0, 0.05) is 34.5 Å². The van der Waals surface area contributed by atoms with Gasteiger partial charge in [0.1, 0.15) is 0 Å². The zero-order valence-corrected chi connectivity index (χ0v) is 9.71.